The first kappa shape index (κ1) is 15.7. The monoisotopic (exact) mass is 312 g/mol. The first-order chi connectivity index (χ1) is 11.2. The van der Waals surface area contributed by atoms with Crippen LogP contribution in [0.5, 0.6) is 11.5 Å². The maximum atomic E-state index is 5.53. The van der Waals surface area contributed by atoms with Crippen molar-refractivity contribution in [2.24, 2.45) is 0 Å². The Morgan fingerprint density at radius 3 is 2.74 bits per heavy atom. The fourth-order valence-corrected chi connectivity index (χ4v) is 3.11. The Balaban J connectivity index is 1.95. The molecule has 0 fully saturated rings. The van der Waals surface area contributed by atoms with Gasteiger partial charge in [0, 0.05) is 36.9 Å². The van der Waals surface area contributed by atoms with E-state index in [1.165, 1.54) is 11.3 Å². The zero-order chi connectivity index (χ0) is 16.2. The molecule has 0 saturated carbocycles. The Morgan fingerprint density at radius 1 is 1.13 bits per heavy atom. The molecule has 0 amide bonds. The van der Waals surface area contributed by atoms with Gasteiger partial charge in [-0.15, -0.1) is 0 Å². The third kappa shape index (κ3) is 3.42. The second-order valence-electron chi connectivity index (χ2n) is 5.97. The van der Waals surface area contributed by atoms with Crippen LogP contribution in [0.2, 0.25) is 0 Å². The van der Waals surface area contributed by atoms with Crippen molar-refractivity contribution >= 4 is 5.69 Å². The number of para-hydroxylation sites is 1. The van der Waals surface area contributed by atoms with Crippen molar-refractivity contribution in [3.63, 3.8) is 0 Å². The van der Waals surface area contributed by atoms with Gasteiger partial charge in [-0.2, -0.15) is 0 Å². The number of hydrogen-bond acceptors (Lipinski definition) is 4. The van der Waals surface area contributed by atoms with Crippen molar-refractivity contribution in [1.82, 2.24) is 5.32 Å². The summed E-state index contributed by atoms with van der Waals surface area (Å²) in [6, 6.07) is 15.0. The molecule has 1 N–H and O–H groups in total. The minimum atomic E-state index is 0.430. The first-order valence-corrected chi connectivity index (χ1v) is 7.98. The lowest BCUT2D eigenvalue weighted by molar-refractivity contribution is 0.398. The van der Waals surface area contributed by atoms with Crippen molar-refractivity contribution in [3.8, 4) is 11.5 Å². The van der Waals surface area contributed by atoms with E-state index in [4.69, 9.17) is 9.47 Å². The lowest BCUT2D eigenvalue weighted by Crippen LogP contribution is -2.35. The average molecular weight is 312 g/mol. The highest BCUT2D eigenvalue weighted by molar-refractivity contribution is 5.56. The number of fused-ring (bicyclic) bond motifs is 1. The zero-order valence-electron chi connectivity index (χ0n) is 14.0. The van der Waals surface area contributed by atoms with Crippen molar-refractivity contribution in [2.45, 2.75) is 26.1 Å². The zero-order valence-corrected chi connectivity index (χ0v) is 14.0. The van der Waals surface area contributed by atoms with Crippen LogP contribution in [0.1, 0.15) is 18.1 Å². The largest absolute Gasteiger partial charge is 0.497 e. The third-order valence-electron chi connectivity index (χ3n) is 4.32. The van der Waals surface area contributed by atoms with Gasteiger partial charge in [-0.05, 0) is 36.8 Å². The van der Waals surface area contributed by atoms with E-state index in [1.807, 2.05) is 12.1 Å². The molecule has 1 unspecified atom stereocenters. The molecule has 122 valence electrons. The van der Waals surface area contributed by atoms with Crippen LogP contribution in [0.4, 0.5) is 5.69 Å². The molecule has 23 heavy (non-hydrogen) atoms. The Hall–Kier alpha value is -2.20. The number of anilines is 1. The van der Waals surface area contributed by atoms with Gasteiger partial charge in [0.05, 0.1) is 14.2 Å². The number of benzene rings is 2. The molecule has 2 aromatic carbocycles. The van der Waals surface area contributed by atoms with Crippen LogP contribution in [0, 0.1) is 0 Å². The smallest absolute Gasteiger partial charge is 0.124 e. The van der Waals surface area contributed by atoms with E-state index in [-0.39, 0.29) is 0 Å². The summed E-state index contributed by atoms with van der Waals surface area (Å²) in [6.07, 6.45) is 0. The molecule has 1 atom stereocenters. The molecule has 0 saturated heterocycles. The van der Waals surface area contributed by atoms with Crippen LogP contribution in [0.3, 0.4) is 0 Å². The fourth-order valence-electron chi connectivity index (χ4n) is 3.11. The van der Waals surface area contributed by atoms with Gasteiger partial charge in [0.1, 0.15) is 11.5 Å². The Labute approximate surface area is 138 Å². The van der Waals surface area contributed by atoms with Crippen molar-refractivity contribution in [2.75, 3.05) is 25.7 Å². The predicted molar refractivity (Wildman–Crippen MR) is 93.3 cm³/mol. The Morgan fingerprint density at radius 2 is 1.96 bits per heavy atom. The number of hydrogen-bond donors (Lipinski definition) is 1. The Bertz CT molecular complexity index is 672. The summed E-state index contributed by atoms with van der Waals surface area (Å²) in [5, 5.41) is 3.57. The molecule has 0 bridgehead atoms. The molecule has 0 aromatic heterocycles. The molecule has 3 rings (SSSR count). The van der Waals surface area contributed by atoms with Gasteiger partial charge in [0.25, 0.3) is 0 Å². The highest BCUT2D eigenvalue weighted by atomic mass is 16.5. The molecule has 1 aliphatic rings. The number of ether oxygens (including phenoxy) is 2. The van der Waals surface area contributed by atoms with Crippen LogP contribution in [0.15, 0.2) is 42.5 Å². The summed E-state index contributed by atoms with van der Waals surface area (Å²) in [7, 11) is 3.41. The van der Waals surface area contributed by atoms with Crippen LogP contribution in [-0.2, 0) is 13.1 Å². The van der Waals surface area contributed by atoms with Gasteiger partial charge < -0.3 is 19.7 Å². The fraction of sp³-hybridized carbons (Fsp3) is 0.368. The highest BCUT2D eigenvalue weighted by Gasteiger charge is 2.20. The van der Waals surface area contributed by atoms with Crippen molar-refractivity contribution in [3.05, 3.63) is 53.6 Å². The highest BCUT2D eigenvalue weighted by Crippen LogP contribution is 2.30. The van der Waals surface area contributed by atoms with E-state index in [0.29, 0.717) is 6.04 Å². The molecule has 0 spiro atoms. The van der Waals surface area contributed by atoms with Crippen molar-refractivity contribution < 1.29 is 9.47 Å². The van der Waals surface area contributed by atoms with E-state index < -0.39 is 0 Å². The van der Waals surface area contributed by atoms with Crippen LogP contribution >= 0.6 is 0 Å². The van der Waals surface area contributed by atoms with E-state index in [1.54, 1.807) is 14.2 Å². The summed E-state index contributed by atoms with van der Waals surface area (Å²) in [5.74, 6) is 1.75. The van der Waals surface area contributed by atoms with Gasteiger partial charge >= 0.3 is 0 Å². The van der Waals surface area contributed by atoms with E-state index >= 15 is 0 Å². The number of nitrogens with zero attached hydrogens (tertiary/aromatic N) is 1. The van der Waals surface area contributed by atoms with E-state index in [2.05, 4.69) is 47.5 Å². The third-order valence-corrected chi connectivity index (χ3v) is 4.32. The van der Waals surface area contributed by atoms with E-state index in [0.717, 1.165) is 36.7 Å². The van der Waals surface area contributed by atoms with E-state index in [9.17, 15) is 0 Å². The SMILES string of the molecule is COc1ccc(OC)c(CN2CC(C)NCc3ccccc32)c1. The lowest BCUT2D eigenvalue weighted by Gasteiger charge is -2.27. The molecular weight excluding hydrogens is 288 g/mol. The van der Waals surface area contributed by atoms with Crippen LogP contribution in [0.25, 0.3) is 0 Å². The van der Waals surface area contributed by atoms with Crippen molar-refractivity contribution in [1.29, 1.82) is 0 Å². The molecule has 4 nitrogen and oxygen atoms in total. The molecule has 1 aliphatic heterocycles. The maximum Gasteiger partial charge on any atom is 0.124 e. The summed E-state index contributed by atoms with van der Waals surface area (Å²) in [6.45, 7) is 4.88. The molecule has 1 heterocycles. The first-order valence-electron chi connectivity index (χ1n) is 7.98. The lowest BCUT2D eigenvalue weighted by atomic mass is 10.1. The number of rotatable bonds is 4. The molecule has 4 heteroatoms. The molecule has 0 aliphatic carbocycles. The second kappa shape index (κ2) is 6.92. The number of nitrogens with one attached hydrogen (secondary N) is 1. The van der Waals surface area contributed by atoms with Gasteiger partial charge in [-0.1, -0.05) is 18.2 Å². The van der Waals surface area contributed by atoms with Gasteiger partial charge in [0.2, 0.25) is 0 Å². The molecule has 0 radical (unpaired) electrons. The summed E-state index contributed by atoms with van der Waals surface area (Å²) >= 11 is 0. The quantitative estimate of drug-likeness (QED) is 0.940. The predicted octanol–water partition coefficient (Wildman–Crippen LogP) is 3.20. The maximum absolute atomic E-state index is 5.53. The molecule has 2 aromatic rings. The van der Waals surface area contributed by atoms with Gasteiger partial charge in [-0.3, -0.25) is 0 Å². The average Bonchev–Trinajstić information content (AvgIpc) is 2.74. The minimum absolute atomic E-state index is 0.430. The minimum Gasteiger partial charge on any atom is -0.497 e. The summed E-state index contributed by atoms with van der Waals surface area (Å²) in [5.41, 5.74) is 3.75. The summed E-state index contributed by atoms with van der Waals surface area (Å²) < 4.78 is 10.9. The van der Waals surface area contributed by atoms with Gasteiger partial charge in [-0.25, -0.2) is 0 Å². The van der Waals surface area contributed by atoms with Crippen LogP contribution in [-0.4, -0.2) is 26.8 Å². The second-order valence-corrected chi connectivity index (χ2v) is 5.97. The molecular formula is C19H24N2O2. The Kier molecular flexibility index (Phi) is 4.72. The topological polar surface area (TPSA) is 33.7 Å². The summed E-state index contributed by atoms with van der Waals surface area (Å²) in [4.78, 5) is 2.41. The standard InChI is InChI=1S/C19H24N2O2/c1-14-12-21(18-7-5-4-6-15(18)11-20-14)13-16-10-17(22-2)8-9-19(16)23-3/h4-10,14,20H,11-13H2,1-3H3. The van der Waals surface area contributed by atoms with Gasteiger partial charge in [0.15, 0.2) is 0 Å². The normalized spacial score (nSPS) is 17.3. The van der Waals surface area contributed by atoms with Crippen LogP contribution < -0.4 is 19.7 Å². The number of methoxy groups -OCH3 is 2.